The molecule has 0 amide bonds. The van der Waals surface area contributed by atoms with Gasteiger partial charge in [0.2, 0.25) is 0 Å². The Morgan fingerprint density at radius 1 is 1.35 bits per heavy atom. The van der Waals surface area contributed by atoms with Gasteiger partial charge in [-0.2, -0.15) is 0 Å². The molecule has 0 atom stereocenters. The van der Waals surface area contributed by atoms with Gasteiger partial charge in [-0.25, -0.2) is 0 Å². The zero-order valence-electron chi connectivity index (χ0n) is 10.5. The average Bonchev–Trinajstić information content (AvgIpc) is 2.36. The van der Waals surface area contributed by atoms with E-state index in [2.05, 4.69) is 0 Å². The molecule has 1 aromatic heterocycles. The zero-order valence-corrected chi connectivity index (χ0v) is 10.5. The van der Waals surface area contributed by atoms with Crippen molar-refractivity contribution in [1.82, 2.24) is 4.57 Å². The van der Waals surface area contributed by atoms with E-state index in [4.69, 9.17) is 14.2 Å². The van der Waals surface area contributed by atoms with Crippen molar-refractivity contribution in [3.8, 4) is 5.75 Å². The second-order valence-corrected chi connectivity index (χ2v) is 3.58. The predicted molar refractivity (Wildman–Crippen MR) is 64.3 cm³/mol. The van der Waals surface area contributed by atoms with E-state index in [1.165, 1.54) is 18.8 Å². The topological polar surface area (TPSA) is 49.7 Å². The van der Waals surface area contributed by atoms with Crippen LogP contribution in [0.2, 0.25) is 0 Å². The Morgan fingerprint density at radius 3 is 2.65 bits per heavy atom. The summed E-state index contributed by atoms with van der Waals surface area (Å²) in [6, 6.07) is 3.44. The molecule has 1 aromatic rings. The summed E-state index contributed by atoms with van der Waals surface area (Å²) in [7, 11) is 3.08. The molecule has 0 fully saturated rings. The van der Waals surface area contributed by atoms with Crippen molar-refractivity contribution in [2.45, 2.75) is 26.2 Å². The molecule has 0 N–H and O–H groups in total. The minimum atomic E-state index is -0.436. The van der Waals surface area contributed by atoms with Gasteiger partial charge in [0.1, 0.15) is 0 Å². The molecule has 17 heavy (non-hydrogen) atoms. The highest BCUT2D eigenvalue weighted by molar-refractivity contribution is 5.17. The molecule has 0 unspecified atom stereocenters. The summed E-state index contributed by atoms with van der Waals surface area (Å²) in [6.07, 6.45) is 2.12. The van der Waals surface area contributed by atoms with Gasteiger partial charge in [-0.1, -0.05) is 6.92 Å². The number of hydrogen-bond donors (Lipinski definition) is 0. The maximum Gasteiger partial charge on any atom is 0.293 e. The quantitative estimate of drug-likeness (QED) is 0.674. The van der Waals surface area contributed by atoms with Gasteiger partial charge in [0.15, 0.2) is 12.0 Å². The Morgan fingerprint density at radius 2 is 2.06 bits per heavy atom. The normalized spacial score (nSPS) is 10.8. The van der Waals surface area contributed by atoms with Gasteiger partial charge in [0.25, 0.3) is 5.56 Å². The number of rotatable bonds is 7. The lowest BCUT2D eigenvalue weighted by Crippen LogP contribution is -2.29. The van der Waals surface area contributed by atoms with Gasteiger partial charge in [-0.15, -0.1) is 0 Å². The van der Waals surface area contributed by atoms with Crippen LogP contribution in [0, 0.1) is 0 Å². The van der Waals surface area contributed by atoms with Crippen molar-refractivity contribution in [3.05, 3.63) is 28.7 Å². The highest BCUT2D eigenvalue weighted by Crippen LogP contribution is 2.04. The number of aromatic nitrogens is 1. The Bertz CT molecular complexity index is 384. The maximum absolute atomic E-state index is 12.0. The van der Waals surface area contributed by atoms with Crippen LogP contribution in [0.5, 0.6) is 5.75 Å². The molecule has 1 heterocycles. The standard InChI is InChI=1S/C12H19NO4/c1-4-8-17-10-6-5-7-13(12(10)14)9-11(15-2)16-3/h5-7,11H,4,8-9H2,1-3H3. The molecule has 0 aliphatic rings. The van der Waals surface area contributed by atoms with Crippen LogP contribution in [-0.4, -0.2) is 31.7 Å². The van der Waals surface area contributed by atoms with Crippen LogP contribution in [0.15, 0.2) is 23.1 Å². The van der Waals surface area contributed by atoms with Crippen LogP contribution >= 0.6 is 0 Å². The molecule has 0 aliphatic heterocycles. The summed E-state index contributed by atoms with van der Waals surface area (Å²) in [4.78, 5) is 12.0. The molecule has 0 spiro atoms. The Labute approximate surface area is 101 Å². The van der Waals surface area contributed by atoms with Crippen LogP contribution < -0.4 is 10.3 Å². The molecule has 0 aliphatic carbocycles. The first-order valence-corrected chi connectivity index (χ1v) is 5.60. The Kier molecular flexibility index (Phi) is 5.72. The van der Waals surface area contributed by atoms with E-state index in [9.17, 15) is 4.79 Å². The Hall–Kier alpha value is -1.33. The fraction of sp³-hybridized carbons (Fsp3) is 0.583. The minimum absolute atomic E-state index is 0.167. The predicted octanol–water partition coefficient (Wildman–Crippen LogP) is 1.26. The summed E-state index contributed by atoms with van der Waals surface area (Å²) >= 11 is 0. The van der Waals surface area contributed by atoms with Crippen molar-refractivity contribution < 1.29 is 14.2 Å². The third-order valence-corrected chi connectivity index (χ3v) is 2.32. The first-order chi connectivity index (χ1) is 8.22. The van der Waals surface area contributed by atoms with Crippen molar-refractivity contribution in [2.24, 2.45) is 0 Å². The first-order valence-electron chi connectivity index (χ1n) is 5.60. The number of methoxy groups -OCH3 is 2. The van der Waals surface area contributed by atoms with Crippen molar-refractivity contribution in [1.29, 1.82) is 0 Å². The summed E-state index contributed by atoms with van der Waals surface area (Å²) in [5.74, 6) is 0.361. The molecule has 0 saturated carbocycles. The van der Waals surface area contributed by atoms with E-state index in [1.54, 1.807) is 18.3 Å². The lowest BCUT2D eigenvalue weighted by atomic mass is 10.4. The van der Waals surface area contributed by atoms with Crippen LogP contribution in [0.4, 0.5) is 0 Å². The fourth-order valence-corrected chi connectivity index (χ4v) is 1.39. The van der Waals surface area contributed by atoms with E-state index in [-0.39, 0.29) is 5.56 Å². The van der Waals surface area contributed by atoms with E-state index in [0.717, 1.165) is 6.42 Å². The summed E-state index contributed by atoms with van der Waals surface area (Å²) in [5.41, 5.74) is -0.167. The molecule has 0 radical (unpaired) electrons. The van der Waals surface area contributed by atoms with Gasteiger partial charge >= 0.3 is 0 Å². The third-order valence-electron chi connectivity index (χ3n) is 2.32. The molecule has 0 aromatic carbocycles. The molecule has 96 valence electrons. The highest BCUT2D eigenvalue weighted by atomic mass is 16.7. The lowest BCUT2D eigenvalue weighted by molar-refractivity contribution is -0.111. The number of ether oxygens (including phenoxy) is 3. The number of nitrogens with zero attached hydrogens (tertiary/aromatic N) is 1. The molecule has 5 nitrogen and oxygen atoms in total. The molecular formula is C12H19NO4. The van der Waals surface area contributed by atoms with Crippen molar-refractivity contribution >= 4 is 0 Å². The van der Waals surface area contributed by atoms with Crippen LogP contribution in [-0.2, 0) is 16.0 Å². The first kappa shape index (κ1) is 13.7. The maximum atomic E-state index is 12.0. The lowest BCUT2D eigenvalue weighted by Gasteiger charge is -2.15. The van der Waals surface area contributed by atoms with Crippen LogP contribution in [0.25, 0.3) is 0 Å². The third kappa shape index (κ3) is 3.87. The van der Waals surface area contributed by atoms with Gasteiger partial charge in [-0.05, 0) is 18.6 Å². The number of hydrogen-bond acceptors (Lipinski definition) is 4. The van der Waals surface area contributed by atoms with Crippen molar-refractivity contribution in [2.75, 3.05) is 20.8 Å². The minimum Gasteiger partial charge on any atom is -0.488 e. The zero-order chi connectivity index (χ0) is 12.7. The molecule has 5 heteroatoms. The second-order valence-electron chi connectivity index (χ2n) is 3.58. The summed E-state index contributed by atoms with van der Waals surface area (Å²) in [6.45, 7) is 2.87. The molecule has 0 saturated heterocycles. The van der Waals surface area contributed by atoms with Crippen LogP contribution in [0.3, 0.4) is 0 Å². The number of pyridine rings is 1. The fourth-order valence-electron chi connectivity index (χ4n) is 1.39. The SMILES string of the molecule is CCCOc1cccn(CC(OC)OC)c1=O. The van der Waals surface area contributed by atoms with Crippen LogP contribution in [0.1, 0.15) is 13.3 Å². The van der Waals surface area contributed by atoms with Gasteiger partial charge < -0.3 is 18.8 Å². The van der Waals surface area contributed by atoms with E-state index < -0.39 is 6.29 Å². The summed E-state index contributed by atoms with van der Waals surface area (Å²) in [5, 5.41) is 0. The monoisotopic (exact) mass is 241 g/mol. The van der Waals surface area contributed by atoms with Gasteiger partial charge in [-0.3, -0.25) is 4.79 Å². The average molecular weight is 241 g/mol. The van der Waals surface area contributed by atoms with E-state index in [1.807, 2.05) is 6.92 Å². The Balaban J connectivity index is 2.82. The van der Waals surface area contributed by atoms with E-state index >= 15 is 0 Å². The molecule has 1 rings (SSSR count). The smallest absolute Gasteiger partial charge is 0.293 e. The van der Waals surface area contributed by atoms with Gasteiger partial charge in [0, 0.05) is 20.4 Å². The second kappa shape index (κ2) is 7.09. The molecular weight excluding hydrogens is 222 g/mol. The molecule has 0 bridgehead atoms. The van der Waals surface area contributed by atoms with Gasteiger partial charge in [0.05, 0.1) is 13.2 Å². The van der Waals surface area contributed by atoms with Crippen molar-refractivity contribution in [3.63, 3.8) is 0 Å². The van der Waals surface area contributed by atoms with E-state index in [0.29, 0.717) is 18.9 Å². The highest BCUT2D eigenvalue weighted by Gasteiger charge is 2.09. The summed E-state index contributed by atoms with van der Waals surface area (Å²) < 4.78 is 17.0. The largest absolute Gasteiger partial charge is 0.488 e.